The second-order valence-electron chi connectivity index (χ2n) is 14.1. The highest BCUT2D eigenvalue weighted by molar-refractivity contribution is 6.36. The number of aromatic nitrogens is 1. The Kier molecular flexibility index (Phi) is 12.7. The number of carboxylic acid groups (broad SMARTS) is 1. The number of aliphatic hydroxyl groups is 1. The van der Waals surface area contributed by atoms with E-state index in [0.29, 0.717) is 66.1 Å². The summed E-state index contributed by atoms with van der Waals surface area (Å²) in [5, 5.41) is 22.7. The molecule has 55 heavy (non-hydrogen) atoms. The molecule has 3 atom stereocenters. The number of Topliss-reactive ketones (excluding diaryl/α,β-unsaturated/α-hetero) is 1. The lowest BCUT2D eigenvalue weighted by atomic mass is 9.94. The predicted octanol–water partition coefficient (Wildman–Crippen LogP) is 8.79. The van der Waals surface area contributed by atoms with Gasteiger partial charge >= 0.3 is 12.1 Å². The molecule has 0 amide bonds. The van der Waals surface area contributed by atoms with E-state index in [4.69, 9.17) is 35.9 Å². The summed E-state index contributed by atoms with van der Waals surface area (Å²) in [5.74, 6) is -0.167. The van der Waals surface area contributed by atoms with Crippen molar-refractivity contribution in [2.24, 2.45) is 5.92 Å². The lowest BCUT2D eigenvalue weighted by Crippen LogP contribution is -2.21. The van der Waals surface area contributed by atoms with Crippen molar-refractivity contribution in [1.82, 2.24) is 10.3 Å². The van der Waals surface area contributed by atoms with Gasteiger partial charge in [-0.15, -0.1) is 0 Å². The molecule has 0 unspecified atom stereocenters. The summed E-state index contributed by atoms with van der Waals surface area (Å²) in [7, 11) is 2.93. The molecule has 6 rings (SSSR count). The third kappa shape index (κ3) is 9.42. The van der Waals surface area contributed by atoms with Gasteiger partial charge in [-0.25, -0.2) is 4.98 Å². The first-order valence-corrected chi connectivity index (χ1v) is 18.8. The molecule has 0 aliphatic heterocycles. The molecule has 13 heteroatoms. The van der Waals surface area contributed by atoms with E-state index in [1.807, 2.05) is 48.5 Å². The predicted molar refractivity (Wildman–Crippen MR) is 202 cm³/mol. The number of nitrogens with zero attached hydrogens (tertiary/aromatic N) is 1. The quantitative estimate of drug-likeness (QED) is 0.102. The zero-order chi connectivity index (χ0) is 39.3. The molecule has 0 radical (unpaired) electrons. The van der Waals surface area contributed by atoms with Crippen molar-refractivity contribution in [1.29, 1.82) is 0 Å². The van der Waals surface area contributed by atoms with E-state index < -0.39 is 36.3 Å². The normalized spacial score (nSPS) is 17.3. The molecule has 0 bridgehead atoms. The number of fused-ring (bicyclic) bond motifs is 1. The number of hydrogen-bond donors (Lipinski definition) is 3. The standard InChI is InChI=1S/C42H44ClF3N2O7/c1-53-37-21-38(34(42(44,45)46)19-25(37)6-3-7-27(49)20-39(51)52)55-36-17-15-30-29(8-4-9-31(30)36)32-10-5-11-33(40(32)43)35-16-13-26(41(48-35)54-2)23-47-22-24-12-14-28(50)18-24/h4-5,8-11,13,16,19,21,24,27,36,47,49H,3,6-7,12,14-15,17-18,20,22-23H2,1-2H3,(H,51,52)/t24-,27-,36+/m1/s1. The Morgan fingerprint density at radius 3 is 2.45 bits per heavy atom. The molecular formula is C42H44ClF3N2O7. The molecule has 1 saturated carbocycles. The number of carbonyl (C=O) groups is 2. The Morgan fingerprint density at radius 2 is 1.75 bits per heavy atom. The van der Waals surface area contributed by atoms with E-state index in [1.54, 1.807) is 7.11 Å². The zero-order valence-corrected chi connectivity index (χ0v) is 31.4. The molecule has 292 valence electrons. The minimum atomic E-state index is -4.72. The molecular weight excluding hydrogens is 737 g/mol. The van der Waals surface area contributed by atoms with Crippen LogP contribution in [-0.4, -0.2) is 53.8 Å². The molecule has 9 nitrogen and oxygen atoms in total. The van der Waals surface area contributed by atoms with E-state index in [1.165, 1.54) is 13.2 Å². The maximum absolute atomic E-state index is 14.5. The Bertz CT molecular complexity index is 2040. The zero-order valence-electron chi connectivity index (χ0n) is 30.7. The topological polar surface area (TPSA) is 127 Å². The fourth-order valence-electron chi connectivity index (χ4n) is 7.63. The molecule has 3 N–H and O–H groups in total. The maximum atomic E-state index is 14.5. The number of alkyl halides is 3. The number of aryl methyl sites for hydroxylation is 1. The summed E-state index contributed by atoms with van der Waals surface area (Å²) in [4.78, 5) is 27.3. The van der Waals surface area contributed by atoms with Crippen molar-refractivity contribution in [3.05, 3.63) is 93.5 Å². The number of ketones is 1. The average molecular weight is 781 g/mol. The maximum Gasteiger partial charge on any atom is 0.419 e. The third-order valence-corrected chi connectivity index (χ3v) is 10.8. The first kappa shape index (κ1) is 40.0. The van der Waals surface area contributed by atoms with Crippen LogP contribution in [0.2, 0.25) is 5.02 Å². The monoisotopic (exact) mass is 780 g/mol. The fourth-order valence-corrected chi connectivity index (χ4v) is 7.96. The van der Waals surface area contributed by atoms with Gasteiger partial charge in [-0.2, -0.15) is 13.2 Å². The molecule has 1 aromatic heterocycles. The number of carbonyl (C=O) groups excluding carboxylic acids is 1. The number of rotatable bonds is 16. The summed E-state index contributed by atoms with van der Waals surface area (Å²) in [6.45, 7) is 1.28. The minimum Gasteiger partial charge on any atom is -0.496 e. The largest absolute Gasteiger partial charge is 0.496 e. The van der Waals surface area contributed by atoms with Crippen molar-refractivity contribution >= 4 is 23.4 Å². The van der Waals surface area contributed by atoms with E-state index in [9.17, 15) is 27.9 Å². The van der Waals surface area contributed by atoms with Crippen LogP contribution in [0, 0.1) is 5.92 Å². The fraction of sp³-hybridized carbons (Fsp3) is 0.405. The Hall–Kier alpha value is -4.65. The van der Waals surface area contributed by atoms with Crippen LogP contribution in [-0.2, 0) is 35.2 Å². The molecule has 2 aliphatic rings. The second kappa shape index (κ2) is 17.4. The van der Waals surface area contributed by atoms with E-state index in [-0.39, 0.29) is 36.3 Å². The van der Waals surface area contributed by atoms with Crippen molar-refractivity contribution in [3.63, 3.8) is 0 Å². The van der Waals surface area contributed by atoms with Gasteiger partial charge in [0.1, 0.15) is 23.4 Å². The van der Waals surface area contributed by atoms with Gasteiger partial charge in [0.15, 0.2) is 0 Å². The van der Waals surface area contributed by atoms with Crippen molar-refractivity contribution in [3.8, 4) is 39.8 Å². The van der Waals surface area contributed by atoms with Gasteiger partial charge in [-0.3, -0.25) is 9.59 Å². The first-order valence-electron chi connectivity index (χ1n) is 18.4. The highest BCUT2D eigenvalue weighted by atomic mass is 35.5. The van der Waals surface area contributed by atoms with Gasteiger partial charge in [-0.05, 0) is 85.4 Å². The number of ether oxygens (including phenoxy) is 3. The lowest BCUT2D eigenvalue weighted by molar-refractivity contribution is -0.140. The summed E-state index contributed by atoms with van der Waals surface area (Å²) in [6.07, 6.45) is -3.24. The second-order valence-corrected chi connectivity index (χ2v) is 14.5. The number of methoxy groups -OCH3 is 2. The van der Waals surface area contributed by atoms with Crippen LogP contribution in [0.4, 0.5) is 13.2 Å². The number of hydrogen-bond acceptors (Lipinski definition) is 8. The number of aliphatic carboxylic acids is 1. The number of halogens is 4. The molecule has 0 saturated heterocycles. The van der Waals surface area contributed by atoms with Crippen LogP contribution in [0.5, 0.6) is 17.4 Å². The summed E-state index contributed by atoms with van der Waals surface area (Å²) >= 11 is 7.11. The van der Waals surface area contributed by atoms with Crippen molar-refractivity contribution < 1.29 is 47.2 Å². The minimum absolute atomic E-state index is 0.115. The van der Waals surface area contributed by atoms with Gasteiger partial charge in [0.05, 0.1) is 43.0 Å². The van der Waals surface area contributed by atoms with Gasteiger partial charge in [0.2, 0.25) is 5.88 Å². The van der Waals surface area contributed by atoms with Gasteiger partial charge in [0, 0.05) is 42.1 Å². The molecule has 3 aromatic carbocycles. The summed E-state index contributed by atoms with van der Waals surface area (Å²) < 4.78 is 60.7. The van der Waals surface area contributed by atoms with Gasteiger partial charge in [0.25, 0.3) is 0 Å². The van der Waals surface area contributed by atoms with Crippen LogP contribution in [0.15, 0.2) is 60.7 Å². The Labute approximate surface area is 322 Å². The van der Waals surface area contributed by atoms with Gasteiger partial charge < -0.3 is 29.7 Å². The highest BCUT2D eigenvalue weighted by Crippen LogP contribution is 2.47. The summed E-state index contributed by atoms with van der Waals surface area (Å²) in [5.41, 5.74) is 4.84. The van der Waals surface area contributed by atoms with Crippen LogP contribution in [0.1, 0.15) is 78.9 Å². The van der Waals surface area contributed by atoms with Crippen LogP contribution < -0.4 is 19.5 Å². The van der Waals surface area contributed by atoms with Crippen LogP contribution in [0.25, 0.3) is 22.4 Å². The number of pyridine rings is 1. The molecule has 1 heterocycles. The van der Waals surface area contributed by atoms with E-state index in [0.717, 1.165) is 46.8 Å². The smallest absolute Gasteiger partial charge is 0.419 e. The Morgan fingerprint density at radius 1 is 0.982 bits per heavy atom. The number of benzene rings is 3. The van der Waals surface area contributed by atoms with E-state index >= 15 is 0 Å². The Balaban J connectivity index is 1.22. The molecule has 1 fully saturated rings. The summed E-state index contributed by atoms with van der Waals surface area (Å²) in [6, 6.07) is 17.4. The van der Waals surface area contributed by atoms with Crippen molar-refractivity contribution in [2.45, 2.75) is 82.7 Å². The van der Waals surface area contributed by atoms with Crippen LogP contribution in [0.3, 0.4) is 0 Å². The van der Waals surface area contributed by atoms with Gasteiger partial charge in [-0.1, -0.05) is 54.1 Å². The van der Waals surface area contributed by atoms with Crippen molar-refractivity contribution in [2.75, 3.05) is 20.8 Å². The molecule has 0 spiro atoms. The molecule has 4 aromatic rings. The van der Waals surface area contributed by atoms with Crippen LogP contribution >= 0.6 is 11.6 Å². The first-order chi connectivity index (χ1) is 26.4. The SMILES string of the molecule is COc1cc(O[C@H]2CCc3c(-c4cccc(-c5ccc(CNC[C@@H]6CCC(=O)C6)c(OC)n5)c4Cl)cccc32)c(C(F)(F)F)cc1CCC[C@@H](O)CC(=O)O. The van der Waals surface area contributed by atoms with E-state index in [2.05, 4.69) is 5.32 Å². The third-order valence-electron chi connectivity index (χ3n) is 10.4. The lowest BCUT2D eigenvalue weighted by Gasteiger charge is -2.22. The highest BCUT2D eigenvalue weighted by Gasteiger charge is 2.37. The number of nitrogens with one attached hydrogen (secondary N) is 1. The number of carboxylic acids is 1. The average Bonchev–Trinajstić information content (AvgIpc) is 3.76. The number of aliphatic hydroxyl groups excluding tert-OH is 1. The molecule has 2 aliphatic carbocycles.